The molecule has 0 saturated carbocycles. The first kappa shape index (κ1) is 42.0. The van der Waals surface area contributed by atoms with Gasteiger partial charge in [-0.3, -0.25) is 0 Å². The van der Waals surface area contributed by atoms with Gasteiger partial charge in [0, 0.05) is 49.7 Å². The summed E-state index contributed by atoms with van der Waals surface area (Å²) in [4.78, 5) is 2.52. The number of anilines is 3. The predicted molar refractivity (Wildman–Crippen MR) is 310 cm³/mol. The van der Waals surface area contributed by atoms with E-state index in [0.29, 0.717) is 0 Å². The third-order valence-corrected chi connectivity index (χ3v) is 15.7. The van der Waals surface area contributed by atoms with Crippen molar-refractivity contribution in [2.24, 2.45) is 0 Å². The van der Waals surface area contributed by atoms with E-state index in [1.54, 1.807) is 0 Å². The Hall–Kier alpha value is -9.70. The lowest BCUT2D eigenvalue weighted by atomic mass is 9.67. The summed E-state index contributed by atoms with van der Waals surface area (Å²) in [6.45, 7) is 0. The molecule has 0 saturated heterocycles. The zero-order chi connectivity index (χ0) is 48.7. The fourth-order valence-corrected chi connectivity index (χ4v) is 12.6. The van der Waals surface area contributed by atoms with Gasteiger partial charge < -0.3 is 14.0 Å². The lowest BCUT2D eigenvalue weighted by Crippen LogP contribution is -2.28. The quantitative estimate of drug-likeness (QED) is 0.148. The summed E-state index contributed by atoms with van der Waals surface area (Å²) in [7, 11) is 0. The minimum absolute atomic E-state index is 0.572. The van der Waals surface area contributed by atoms with E-state index < -0.39 is 5.41 Å². The second-order valence-electron chi connectivity index (χ2n) is 19.6. The Kier molecular flexibility index (Phi) is 9.48. The van der Waals surface area contributed by atoms with E-state index in [2.05, 4.69) is 299 Å². The molecule has 15 rings (SSSR count). The Balaban J connectivity index is 1.04. The molecule has 0 atom stereocenters. The van der Waals surface area contributed by atoms with E-state index in [1.807, 2.05) is 0 Å². The van der Waals surface area contributed by atoms with Crippen LogP contribution in [0.5, 0.6) is 0 Å². The maximum atomic E-state index is 2.52. The minimum Gasteiger partial charge on any atom is -0.310 e. The number of aromatic nitrogens is 2. The van der Waals surface area contributed by atoms with Gasteiger partial charge in [0.05, 0.1) is 33.2 Å². The zero-order valence-electron chi connectivity index (χ0n) is 40.5. The van der Waals surface area contributed by atoms with Crippen LogP contribution in [-0.4, -0.2) is 9.13 Å². The number of fused-ring (bicyclic) bond motifs is 10. The van der Waals surface area contributed by atoms with Gasteiger partial charge in [-0.25, -0.2) is 0 Å². The van der Waals surface area contributed by atoms with Crippen molar-refractivity contribution >= 4 is 71.4 Å². The predicted octanol–water partition coefficient (Wildman–Crippen LogP) is 18.5. The lowest BCUT2D eigenvalue weighted by molar-refractivity contribution is 0.768. The van der Waals surface area contributed by atoms with Crippen LogP contribution in [0.4, 0.5) is 17.1 Å². The van der Waals surface area contributed by atoms with Crippen molar-refractivity contribution in [3.05, 3.63) is 307 Å². The second kappa shape index (κ2) is 16.7. The summed E-state index contributed by atoms with van der Waals surface area (Å²) in [5, 5.41) is 7.28. The standard InChI is InChI=1S/C71H47N3/c1-4-23-51(24-5-1)71(52-25-6-2-7-26-52)64-34-16-12-30-58(64)59-42-40-54(47-65(59)71)72(66-38-20-22-48-21-10-11-29-57(48)66)55-43-50(44-56(46-55)74-68-36-18-13-31-60(68)61-32-14-19-37-69(61)74)49-39-41-63-62-33-15-17-35-67(62)73(70(63)45-49)53-27-8-3-9-28-53/h1-47H. The molecular formula is C71H47N3. The van der Waals surface area contributed by atoms with E-state index in [4.69, 9.17) is 0 Å². The van der Waals surface area contributed by atoms with Crippen LogP contribution in [0.15, 0.2) is 285 Å². The van der Waals surface area contributed by atoms with E-state index in [-0.39, 0.29) is 0 Å². The monoisotopic (exact) mass is 941 g/mol. The molecule has 0 bridgehead atoms. The smallest absolute Gasteiger partial charge is 0.0714 e. The fourth-order valence-electron chi connectivity index (χ4n) is 12.6. The Morgan fingerprint density at radius 3 is 1.49 bits per heavy atom. The third kappa shape index (κ3) is 6.27. The highest BCUT2D eigenvalue weighted by atomic mass is 15.1. The van der Waals surface area contributed by atoms with Crippen LogP contribution in [0.1, 0.15) is 22.3 Å². The molecule has 12 aromatic carbocycles. The summed E-state index contributed by atoms with van der Waals surface area (Å²) >= 11 is 0. The van der Waals surface area contributed by atoms with Gasteiger partial charge in [0.2, 0.25) is 0 Å². The van der Waals surface area contributed by atoms with E-state index >= 15 is 0 Å². The van der Waals surface area contributed by atoms with Crippen LogP contribution in [0.25, 0.3) is 88.0 Å². The normalized spacial score (nSPS) is 12.7. The number of rotatable bonds is 8. The van der Waals surface area contributed by atoms with Gasteiger partial charge in [-0.15, -0.1) is 0 Å². The molecule has 3 nitrogen and oxygen atoms in total. The molecule has 1 aliphatic rings. The van der Waals surface area contributed by atoms with Crippen molar-refractivity contribution in [1.29, 1.82) is 0 Å². The maximum Gasteiger partial charge on any atom is 0.0714 e. The first-order chi connectivity index (χ1) is 36.7. The van der Waals surface area contributed by atoms with Crippen molar-refractivity contribution < 1.29 is 0 Å². The lowest BCUT2D eigenvalue weighted by Gasteiger charge is -2.35. The van der Waals surface area contributed by atoms with Gasteiger partial charge >= 0.3 is 0 Å². The van der Waals surface area contributed by atoms with E-state index in [1.165, 1.54) is 87.8 Å². The molecule has 0 aliphatic heterocycles. The molecule has 14 aromatic rings. The van der Waals surface area contributed by atoms with Gasteiger partial charge in [-0.05, 0) is 123 Å². The van der Waals surface area contributed by atoms with E-state index in [0.717, 1.165) is 39.6 Å². The highest BCUT2D eigenvalue weighted by Gasteiger charge is 2.46. The molecule has 2 heterocycles. The van der Waals surface area contributed by atoms with Crippen LogP contribution < -0.4 is 4.90 Å². The second-order valence-corrected chi connectivity index (χ2v) is 19.6. The average molecular weight is 942 g/mol. The first-order valence-corrected chi connectivity index (χ1v) is 25.6. The van der Waals surface area contributed by atoms with Crippen LogP contribution in [-0.2, 0) is 5.41 Å². The Labute approximate surface area is 429 Å². The van der Waals surface area contributed by atoms with Gasteiger partial charge in [-0.1, -0.05) is 212 Å². The molecule has 0 radical (unpaired) electrons. The van der Waals surface area contributed by atoms with Crippen LogP contribution >= 0.6 is 0 Å². The molecule has 1 aliphatic carbocycles. The first-order valence-electron chi connectivity index (χ1n) is 25.6. The zero-order valence-corrected chi connectivity index (χ0v) is 40.5. The summed E-state index contributed by atoms with van der Waals surface area (Å²) in [5.74, 6) is 0. The minimum atomic E-state index is -0.572. The Morgan fingerprint density at radius 1 is 0.284 bits per heavy atom. The summed E-state index contributed by atoms with van der Waals surface area (Å²) in [5.41, 5.74) is 19.4. The molecule has 0 N–H and O–H groups in total. The van der Waals surface area contributed by atoms with Gasteiger partial charge in [0.15, 0.2) is 0 Å². The largest absolute Gasteiger partial charge is 0.310 e. The third-order valence-electron chi connectivity index (χ3n) is 15.7. The van der Waals surface area contributed by atoms with Gasteiger partial charge in [0.1, 0.15) is 0 Å². The maximum absolute atomic E-state index is 2.52. The summed E-state index contributed by atoms with van der Waals surface area (Å²) < 4.78 is 4.89. The van der Waals surface area contributed by atoms with Crippen molar-refractivity contribution in [3.8, 4) is 33.6 Å². The molecule has 3 heteroatoms. The SMILES string of the molecule is c1ccc(-n2c3ccccc3c3ccc(-c4cc(N(c5ccc6c(c5)C(c5ccccc5)(c5ccccc5)c5ccccc5-6)c5cccc6ccccc56)cc(-n5c6ccccc6c6ccccc65)c4)cc32)cc1. The number of benzene rings is 12. The molecule has 2 aromatic heterocycles. The average Bonchev–Trinajstić information content (AvgIpc) is 4.11. The van der Waals surface area contributed by atoms with E-state index in [9.17, 15) is 0 Å². The molecular weight excluding hydrogens is 895 g/mol. The molecule has 0 unspecified atom stereocenters. The van der Waals surface area contributed by atoms with Crippen LogP contribution in [0.3, 0.4) is 0 Å². The van der Waals surface area contributed by atoms with Gasteiger partial charge in [0.25, 0.3) is 0 Å². The van der Waals surface area contributed by atoms with Gasteiger partial charge in [-0.2, -0.15) is 0 Å². The number of hydrogen-bond acceptors (Lipinski definition) is 1. The highest BCUT2D eigenvalue weighted by Crippen LogP contribution is 2.57. The number of nitrogens with zero attached hydrogens (tertiary/aromatic N) is 3. The molecule has 346 valence electrons. The van der Waals surface area contributed by atoms with Crippen molar-refractivity contribution in [2.45, 2.75) is 5.41 Å². The Bertz CT molecular complexity index is 4390. The molecule has 74 heavy (non-hydrogen) atoms. The van der Waals surface area contributed by atoms with Crippen molar-refractivity contribution in [3.63, 3.8) is 0 Å². The summed E-state index contributed by atoms with van der Waals surface area (Å²) in [6.07, 6.45) is 0. The van der Waals surface area contributed by atoms with Crippen molar-refractivity contribution in [2.75, 3.05) is 4.90 Å². The Morgan fingerprint density at radius 2 is 0.811 bits per heavy atom. The molecule has 0 fully saturated rings. The number of para-hydroxylation sites is 4. The highest BCUT2D eigenvalue weighted by molar-refractivity contribution is 6.11. The van der Waals surface area contributed by atoms with Crippen molar-refractivity contribution in [1.82, 2.24) is 9.13 Å². The van der Waals surface area contributed by atoms with Crippen LogP contribution in [0, 0.1) is 0 Å². The summed E-state index contributed by atoms with van der Waals surface area (Å²) in [6, 6.07) is 106. The molecule has 0 spiro atoms. The fraction of sp³-hybridized carbons (Fsp3) is 0.0141. The topological polar surface area (TPSA) is 13.1 Å². The van der Waals surface area contributed by atoms with Crippen LogP contribution in [0.2, 0.25) is 0 Å². The number of hydrogen-bond donors (Lipinski definition) is 0. The molecule has 0 amide bonds.